The van der Waals surface area contributed by atoms with Gasteiger partial charge < -0.3 is 9.47 Å². The van der Waals surface area contributed by atoms with E-state index in [2.05, 4.69) is 0 Å². The lowest BCUT2D eigenvalue weighted by molar-refractivity contribution is 0.302. The maximum atomic E-state index is 13.3. The lowest BCUT2D eigenvalue weighted by Gasteiger charge is -2.14. The number of unbranched alkanes of at least 4 members (excludes halogenated alkanes) is 2. The Labute approximate surface area is 208 Å². The van der Waals surface area contributed by atoms with Crippen molar-refractivity contribution in [2.45, 2.75) is 32.7 Å². The molecule has 0 aliphatic heterocycles. The largest absolute Gasteiger partial charge is 0.497 e. The highest BCUT2D eigenvalue weighted by molar-refractivity contribution is 6.35. The summed E-state index contributed by atoms with van der Waals surface area (Å²) in [4.78, 5) is 18.1. The van der Waals surface area contributed by atoms with Gasteiger partial charge in [0.25, 0.3) is 5.56 Å². The molecule has 5 nitrogen and oxygen atoms in total. The molecule has 4 rings (SSSR count). The van der Waals surface area contributed by atoms with Gasteiger partial charge in [0.15, 0.2) is 0 Å². The van der Waals surface area contributed by atoms with Crippen LogP contribution in [-0.4, -0.2) is 23.3 Å². The number of aryl methyl sites for hydroxylation is 1. The standard InChI is InChI=1S/C27H26Cl2N2O3/c1-18-16-20(28)17-23(29)25(18)34-15-7-3-6-14-31-26(19-10-12-21(33-2)13-11-19)30-24-9-5-4-8-22(24)27(31)32/h4-5,8-13,16-17H,3,6-7,14-15H2,1-2H3. The highest BCUT2D eigenvalue weighted by atomic mass is 35.5. The van der Waals surface area contributed by atoms with Gasteiger partial charge in [-0.2, -0.15) is 0 Å². The van der Waals surface area contributed by atoms with Gasteiger partial charge in [-0.1, -0.05) is 35.3 Å². The van der Waals surface area contributed by atoms with E-state index in [9.17, 15) is 4.79 Å². The Bertz CT molecular complexity index is 1330. The molecule has 0 aliphatic rings. The maximum Gasteiger partial charge on any atom is 0.261 e. The molecule has 7 heteroatoms. The van der Waals surface area contributed by atoms with Crippen LogP contribution < -0.4 is 15.0 Å². The molecule has 0 atom stereocenters. The first kappa shape index (κ1) is 24.1. The van der Waals surface area contributed by atoms with Gasteiger partial charge in [-0.05, 0) is 80.3 Å². The van der Waals surface area contributed by atoms with Crippen molar-refractivity contribution < 1.29 is 9.47 Å². The number of ether oxygens (including phenoxy) is 2. The Morgan fingerprint density at radius 2 is 1.74 bits per heavy atom. The second-order valence-corrected chi connectivity index (χ2v) is 8.92. The first-order valence-electron chi connectivity index (χ1n) is 11.2. The van der Waals surface area contributed by atoms with Gasteiger partial charge in [0, 0.05) is 17.1 Å². The molecule has 1 heterocycles. The zero-order valence-electron chi connectivity index (χ0n) is 19.2. The Morgan fingerprint density at radius 3 is 2.47 bits per heavy atom. The van der Waals surface area contributed by atoms with Crippen LogP contribution >= 0.6 is 23.2 Å². The average Bonchev–Trinajstić information content (AvgIpc) is 2.83. The van der Waals surface area contributed by atoms with Crippen LogP contribution in [0.5, 0.6) is 11.5 Å². The number of halogens is 2. The van der Waals surface area contributed by atoms with Crippen molar-refractivity contribution in [2.24, 2.45) is 0 Å². The highest BCUT2D eigenvalue weighted by Crippen LogP contribution is 2.32. The van der Waals surface area contributed by atoms with Crippen molar-refractivity contribution in [1.29, 1.82) is 0 Å². The molecule has 176 valence electrons. The van der Waals surface area contributed by atoms with Gasteiger partial charge >= 0.3 is 0 Å². The number of benzene rings is 3. The van der Waals surface area contributed by atoms with Crippen LogP contribution in [-0.2, 0) is 6.54 Å². The molecule has 0 fully saturated rings. The van der Waals surface area contributed by atoms with Crippen molar-refractivity contribution in [3.63, 3.8) is 0 Å². The van der Waals surface area contributed by atoms with E-state index in [1.54, 1.807) is 17.7 Å². The first-order valence-corrected chi connectivity index (χ1v) is 12.0. The summed E-state index contributed by atoms with van der Waals surface area (Å²) in [6.07, 6.45) is 2.55. The van der Waals surface area contributed by atoms with E-state index in [1.807, 2.05) is 61.5 Å². The Hall–Kier alpha value is -3.02. The van der Waals surface area contributed by atoms with Gasteiger partial charge in [-0.3, -0.25) is 9.36 Å². The third-order valence-corrected chi connectivity index (χ3v) is 6.18. The van der Waals surface area contributed by atoms with E-state index in [-0.39, 0.29) is 5.56 Å². The Kier molecular flexibility index (Phi) is 7.76. The molecule has 3 aromatic carbocycles. The van der Waals surface area contributed by atoms with Gasteiger partial charge in [0.2, 0.25) is 0 Å². The van der Waals surface area contributed by atoms with Crippen LogP contribution in [0.2, 0.25) is 10.0 Å². The van der Waals surface area contributed by atoms with Crippen LogP contribution in [0.1, 0.15) is 24.8 Å². The number of hydrogen-bond donors (Lipinski definition) is 0. The molecule has 1 aromatic heterocycles. The monoisotopic (exact) mass is 496 g/mol. The summed E-state index contributed by atoms with van der Waals surface area (Å²) in [7, 11) is 1.63. The molecule has 0 bridgehead atoms. The van der Waals surface area contributed by atoms with E-state index in [0.717, 1.165) is 36.1 Å². The van der Waals surface area contributed by atoms with Crippen LogP contribution in [0.25, 0.3) is 22.3 Å². The smallest absolute Gasteiger partial charge is 0.261 e. The second-order valence-electron chi connectivity index (χ2n) is 8.08. The Balaban J connectivity index is 1.47. The number of nitrogens with zero attached hydrogens (tertiary/aromatic N) is 2. The van der Waals surface area contributed by atoms with E-state index >= 15 is 0 Å². The number of aromatic nitrogens is 2. The van der Waals surface area contributed by atoms with Crippen molar-refractivity contribution in [3.8, 4) is 22.9 Å². The lowest BCUT2D eigenvalue weighted by atomic mass is 10.1. The molecule has 0 saturated carbocycles. The molecule has 0 unspecified atom stereocenters. The van der Waals surface area contributed by atoms with E-state index in [1.165, 1.54) is 0 Å². The van der Waals surface area contributed by atoms with Crippen molar-refractivity contribution in [2.75, 3.05) is 13.7 Å². The van der Waals surface area contributed by atoms with Crippen LogP contribution in [0.15, 0.2) is 65.5 Å². The zero-order chi connectivity index (χ0) is 24.1. The predicted molar refractivity (Wildman–Crippen MR) is 139 cm³/mol. The minimum atomic E-state index is -0.0313. The predicted octanol–water partition coefficient (Wildman–Crippen LogP) is 6.94. The molecule has 4 aromatic rings. The SMILES string of the molecule is COc1ccc(-c2nc3ccccc3c(=O)n2CCCCCOc2c(C)cc(Cl)cc2Cl)cc1. The molecular formula is C27H26Cl2N2O3. The van der Waals surface area contributed by atoms with Crippen molar-refractivity contribution in [1.82, 2.24) is 9.55 Å². The maximum absolute atomic E-state index is 13.3. The fraction of sp³-hybridized carbons (Fsp3) is 0.259. The van der Waals surface area contributed by atoms with Gasteiger partial charge in [0.05, 0.1) is 29.6 Å². The second kappa shape index (κ2) is 10.9. The normalized spacial score (nSPS) is 11.1. The van der Waals surface area contributed by atoms with E-state index in [0.29, 0.717) is 45.7 Å². The van der Waals surface area contributed by atoms with Crippen molar-refractivity contribution in [3.05, 3.63) is 86.6 Å². The number of methoxy groups -OCH3 is 1. The summed E-state index contributed by atoms with van der Waals surface area (Å²) in [5.41, 5.74) is 2.45. The van der Waals surface area contributed by atoms with Gasteiger partial charge in [-0.15, -0.1) is 0 Å². The molecule has 0 spiro atoms. The quantitative estimate of drug-likeness (QED) is 0.235. The molecular weight excluding hydrogens is 471 g/mol. The van der Waals surface area contributed by atoms with Crippen LogP contribution in [0.3, 0.4) is 0 Å². The number of para-hydroxylation sites is 1. The highest BCUT2D eigenvalue weighted by Gasteiger charge is 2.13. The summed E-state index contributed by atoms with van der Waals surface area (Å²) in [5, 5.41) is 1.73. The number of rotatable bonds is 9. The number of fused-ring (bicyclic) bond motifs is 1. The number of hydrogen-bond acceptors (Lipinski definition) is 4. The molecule has 0 N–H and O–H groups in total. The minimum absolute atomic E-state index is 0.0313. The molecule has 34 heavy (non-hydrogen) atoms. The molecule has 0 amide bonds. The first-order chi connectivity index (χ1) is 16.5. The summed E-state index contributed by atoms with van der Waals surface area (Å²) >= 11 is 12.3. The van der Waals surface area contributed by atoms with Gasteiger partial charge in [0.1, 0.15) is 17.3 Å². The molecule has 0 radical (unpaired) electrons. The van der Waals surface area contributed by atoms with Crippen LogP contribution in [0, 0.1) is 6.92 Å². The fourth-order valence-electron chi connectivity index (χ4n) is 3.93. The third-order valence-electron chi connectivity index (χ3n) is 5.68. The summed E-state index contributed by atoms with van der Waals surface area (Å²) < 4.78 is 12.9. The average molecular weight is 497 g/mol. The fourth-order valence-corrected chi connectivity index (χ4v) is 4.58. The minimum Gasteiger partial charge on any atom is -0.497 e. The third kappa shape index (κ3) is 5.37. The lowest BCUT2D eigenvalue weighted by Crippen LogP contribution is -2.23. The topological polar surface area (TPSA) is 53.3 Å². The van der Waals surface area contributed by atoms with E-state index < -0.39 is 0 Å². The summed E-state index contributed by atoms with van der Waals surface area (Å²) in [6, 6.07) is 18.6. The van der Waals surface area contributed by atoms with Crippen molar-refractivity contribution >= 4 is 34.1 Å². The van der Waals surface area contributed by atoms with E-state index in [4.69, 9.17) is 37.7 Å². The van der Waals surface area contributed by atoms with Gasteiger partial charge in [-0.25, -0.2) is 4.98 Å². The summed E-state index contributed by atoms with van der Waals surface area (Å²) in [5.74, 6) is 2.09. The van der Waals surface area contributed by atoms with Crippen LogP contribution in [0.4, 0.5) is 0 Å². The zero-order valence-corrected chi connectivity index (χ0v) is 20.7. The molecule has 0 saturated heterocycles. The molecule has 0 aliphatic carbocycles. The Morgan fingerprint density at radius 1 is 0.971 bits per heavy atom. The summed E-state index contributed by atoms with van der Waals surface area (Å²) in [6.45, 7) is 3.03.